The maximum Gasteiger partial charge on any atom is 0.354 e. The summed E-state index contributed by atoms with van der Waals surface area (Å²) in [7, 11) is 0. The second-order valence-corrected chi connectivity index (χ2v) is 8.81. The van der Waals surface area contributed by atoms with Crippen LogP contribution >= 0.6 is 31.9 Å². The standard InChI is InChI=1S/C23H17Br2NO3/c1-11-14-8-7-13(22(27)19(14)12(2)21(25)20(11)24)9-16-15-5-3-4-6-18(15)29-23(28)17(16)10-26/h3-8,13,22,27H,9H2,1-2H3/t13-,22-/m0/s1. The Bertz CT molecular complexity index is 1280. The van der Waals surface area contributed by atoms with Crippen molar-refractivity contribution in [2.24, 2.45) is 5.92 Å². The van der Waals surface area contributed by atoms with Crippen molar-refractivity contribution in [3.05, 3.63) is 83.1 Å². The summed E-state index contributed by atoms with van der Waals surface area (Å²) in [5, 5.41) is 21.5. The van der Waals surface area contributed by atoms with E-state index >= 15 is 0 Å². The first-order chi connectivity index (χ1) is 13.8. The molecule has 146 valence electrons. The molecule has 1 aromatic heterocycles. The van der Waals surface area contributed by atoms with E-state index in [4.69, 9.17) is 4.42 Å². The van der Waals surface area contributed by atoms with Crippen LogP contribution in [0.4, 0.5) is 0 Å². The highest BCUT2D eigenvalue weighted by molar-refractivity contribution is 9.13. The molecule has 0 aliphatic heterocycles. The number of hydrogen-bond donors (Lipinski definition) is 1. The molecule has 1 aliphatic rings. The predicted molar refractivity (Wildman–Crippen MR) is 120 cm³/mol. The van der Waals surface area contributed by atoms with Crippen molar-refractivity contribution in [2.45, 2.75) is 26.4 Å². The third-order valence-electron chi connectivity index (χ3n) is 5.63. The molecule has 1 N–H and O–H groups in total. The molecule has 6 heteroatoms. The lowest BCUT2D eigenvalue weighted by molar-refractivity contribution is 0.129. The molecule has 0 amide bonds. The van der Waals surface area contributed by atoms with E-state index in [2.05, 4.69) is 31.9 Å². The lowest BCUT2D eigenvalue weighted by atomic mass is 9.79. The third-order valence-corrected chi connectivity index (χ3v) is 8.15. The fourth-order valence-electron chi connectivity index (χ4n) is 4.06. The molecule has 0 saturated carbocycles. The van der Waals surface area contributed by atoms with Gasteiger partial charge in [-0.15, -0.1) is 0 Å². The van der Waals surface area contributed by atoms with Gasteiger partial charge >= 0.3 is 5.63 Å². The third kappa shape index (κ3) is 3.18. The summed E-state index contributed by atoms with van der Waals surface area (Å²) in [6.07, 6.45) is 3.59. The summed E-state index contributed by atoms with van der Waals surface area (Å²) >= 11 is 7.22. The zero-order valence-corrected chi connectivity index (χ0v) is 19.0. The summed E-state index contributed by atoms with van der Waals surface area (Å²) in [6, 6.07) is 9.17. The van der Waals surface area contributed by atoms with Gasteiger partial charge in [-0.05, 0) is 86.0 Å². The Hall–Kier alpha value is -2.20. The fraction of sp³-hybridized carbons (Fsp3) is 0.217. The quantitative estimate of drug-likeness (QED) is 0.443. The van der Waals surface area contributed by atoms with Gasteiger partial charge in [-0.3, -0.25) is 0 Å². The van der Waals surface area contributed by atoms with E-state index in [0.717, 1.165) is 36.6 Å². The Morgan fingerprint density at radius 3 is 2.59 bits per heavy atom. The number of rotatable bonds is 2. The van der Waals surface area contributed by atoms with Crippen LogP contribution in [-0.4, -0.2) is 5.11 Å². The van der Waals surface area contributed by atoms with Crippen molar-refractivity contribution >= 4 is 48.9 Å². The average Bonchev–Trinajstić information content (AvgIpc) is 2.71. The number of aliphatic hydroxyl groups is 1. The van der Waals surface area contributed by atoms with Crippen molar-refractivity contribution in [3.63, 3.8) is 0 Å². The smallest absolute Gasteiger partial charge is 0.354 e. The Morgan fingerprint density at radius 2 is 1.86 bits per heavy atom. The Balaban J connectivity index is 1.86. The summed E-state index contributed by atoms with van der Waals surface area (Å²) < 4.78 is 7.19. The van der Waals surface area contributed by atoms with Crippen LogP contribution in [0, 0.1) is 31.1 Å². The van der Waals surface area contributed by atoms with E-state index in [9.17, 15) is 15.2 Å². The minimum atomic E-state index is -0.754. The second kappa shape index (κ2) is 7.56. The minimum Gasteiger partial charge on any atom is -0.422 e. The van der Waals surface area contributed by atoms with Gasteiger partial charge in [-0.25, -0.2) is 4.79 Å². The Labute approximate surface area is 184 Å². The maximum absolute atomic E-state index is 12.3. The van der Waals surface area contributed by atoms with Crippen LogP contribution in [0.1, 0.15) is 39.5 Å². The number of nitriles is 1. The predicted octanol–water partition coefficient (Wildman–Crippen LogP) is 5.73. The van der Waals surface area contributed by atoms with Crippen molar-refractivity contribution in [2.75, 3.05) is 0 Å². The van der Waals surface area contributed by atoms with Crippen LogP contribution in [0.5, 0.6) is 0 Å². The normalized spacial score (nSPS) is 17.9. The zero-order chi connectivity index (χ0) is 20.9. The van der Waals surface area contributed by atoms with Crippen LogP contribution in [0.3, 0.4) is 0 Å². The lowest BCUT2D eigenvalue weighted by Crippen LogP contribution is -2.21. The van der Waals surface area contributed by atoms with Gasteiger partial charge in [0.1, 0.15) is 17.2 Å². The van der Waals surface area contributed by atoms with Gasteiger partial charge < -0.3 is 9.52 Å². The Morgan fingerprint density at radius 1 is 1.17 bits per heavy atom. The number of halogens is 2. The van der Waals surface area contributed by atoms with Crippen LogP contribution in [0.15, 0.2) is 48.5 Å². The molecule has 4 nitrogen and oxygen atoms in total. The van der Waals surface area contributed by atoms with E-state index in [1.165, 1.54) is 0 Å². The average molecular weight is 515 g/mol. The van der Waals surface area contributed by atoms with Crippen LogP contribution < -0.4 is 5.63 Å². The molecule has 1 heterocycles. The summed E-state index contributed by atoms with van der Waals surface area (Å²) in [6.45, 7) is 3.98. The van der Waals surface area contributed by atoms with Crippen LogP contribution in [0.25, 0.3) is 17.0 Å². The SMILES string of the molecule is Cc1c(Br)c(Br)c(C)c2c1C=C[C@@H](Cc1c(C#N)c(=O)oc3ccccc13)[C@@H]2O. The first-order valence-corrected chi connectivity index (χ1v) is 10.7. The van der Waals surface area contributed by atoms with E-state index in [1.54, 1.807) is 12.1 Å². The first kappa shape index (κ1) is 20.1. The largest absolute Gasteiger partial charge is 0.422 e. The van der Waals surface area contributed by atoms with Gasteiger partial charge in [0.15, 0.2) is 0 Å². The van der Waals surface area contributed by atoms with E-state index in [-0.39, 0.29) is 11.5 Å². The Kier molecular flexibility index (Phi) is 5.24. The van der Waals surface area contributed by atoms with Crippen LogP contribution in [0.2, 0.25) is 0 Å². The van der Waals surface area contributed by atoms with Crippen molar-refractivity contribution in [1.29, 1.82) is 5.26 Å². The lowest BCUT2D eigenvalue weighted by Gasteiger charge is -2.30. The number of aliphatic hydroxyl groups excluding tert-OH is 1. The van der Waals surface area contributed by atoms with Gasteiger partial charge in [0.2, 0.25) is 0 Å². The molecule has 1 aliphatic carbocycles. The number of para-hydroxylation sites is 1. The molecule has 2 atom stereocenters. The van der Waals surface area contributed by atoms with Crippen molar-refractivity contribution in [3.8, 4) is 6.07 Å². The van der Waals surface area contributed by atoms with Gasteiger partial charge in [0, 0.05) is 20.2 Å². The first-order valence-electron chi connectivity index (χ1n) is 9.14. The maximum atomic E-state index is 12.3. The second-order valence-electron chi connectivity index (χ2n) is 7.23. The highest BCUT2D eigenvalue weighted by atomic mass is 79.9. The number of nitrogens with zero attached hydrogens (tertiary/aromatic N) is 1. The molecular formula is C23H17Br2NO3. The topological polar surface area (TPSA) is 74.2 Å². The van der Waals surface area contributed by atoms with E-state index in [0.29, 0.717) is 17.6 Å². The molecule has 0 spiro atoms. The molecule has 0 radical (unpaired) electrons. The number of benzene rings is 2. The molecule has 4 rings (SSSR count). The summed E-state index contributed by atoms with van der Waals surface area (Å²) in [4.78, 5) is 12.3. The molecule has 0 bridgehead atoms. The van der Waals surface area contributed by atoms with Gasteiger partial charge in [0.05, 0.1) is 6.10 Å². The molecule has 0 fully saturated rings. The highest BCUT2D eigenvalue weighted by Crippen LogP contribution is 2.44. The molecule has 3 aromatic rings. The molecule has 2 aromatic carbocycles. The van der Waals surface area contributed by atoms with Gasteiger partial charge in [-0.2, -0.15) is 5.26 Å². The van der Waals surface area contributed by atoms with E-state index in [1.807, 2.05) is 44.2 Å². The van der Waals surface area contributed by atoms with E-state index < -0.39 is 11.7 Å². The van der Waals surface area contributed by atoms with Crippen molar-refractivity contribution in [1.82, 2.24) is 0 Å². The molecular weight excluding hydrogens is 498 g/mol. The molecule has 29 heavy (non-hydrogen) atoms. The van der Waals surface area contributed by atoms with Crippen LogP contribution in [-0.2, 0) is 6.42 Å². The fourth-order valence-corrected chi connectivity index (χ4v) is 5.08. The molecule has 0 saturated heterocycles. The highest BCUT2D eigenvalue weighted by Gasteiger charge is 2.30. The number of hydrogen-bond acceptors (Lipinski definition) is 4. The summed E-state index contributed by atoms with van der Waals surface area (Å²) in [5.74, 6) is -0.272. The van der Waals surface area contributed by atoms with Gasteiger partial charge in [-0.1, -0.05) is 30.4 Å². The number of fused-ring (bicyclic) bond motifs is 2. The minimum absolute atomic E-state index is 0.0000129. The molecule has 0 unspecified atom stereocenters. The monoisotopic (exact) mass is 513 g/mol. The summed E-state index contributed by atoms with van der Waals surface area (Å²) in [5.41, 5.74) is 4.30. The van der Waals surface area contributed by atoms with Crippen molar-refractivity contribution < 1.29 is 9.52 Å². The zero-order valence-electron chi connectivity index (χ0n) is 15.8. The van der Waals surface area contributed by atoms with Gasteiger partial charge in [0.25, 0.3) is 0 Å².